The van der Waals surface area contributed by atoms with Gasteiger partial charge in [0.15, 0.2) is 8.32 Å². The maximum absolute atomic E-state index is 12.5. The summed E-state index contributed by atoms with van der Waals surface area (Å²) in [6.45, 7) is 13.6. The molecule has 0 spiro atoms. The van der Waals surface area contributed by atoms with Gasteiger partial charge >= 0.3 is 6.18 Å². The van der Waals surface area contributed by atoms with E-state index >= 15 is 0 Å². The molecule has 0 fully saturated rings. The third-order valence-corrected chi connectivity index (χ3v) is 8.64. The van der Waals surface area contributed by atoms with E-state index < -0.39 is 25.9 Å². The highest BCUT2D eigenvalue weighted by Gasteiger charge is 2.36. The Hall–Kier alpha value is -0.403. The lowest BCUT2D eigenvalue weighted by atomic mass is 10.1. The first kappa shape index (κ1) is 22.6. The predicted molar refractivity (Wildman–Crippen MR) is 93.1 cm³/mol. The lowest BCUT2D eigenvalue weighted by Crippen LogP contribution is -2.41. The fraction of sp³-hybridized carbons (Fsp3) is 0.625. The quantitative estimate of drug-likeness (QED) is 0.308. The van der Waals surface area contributed by atoms with E-state index in [-0.39, 0.29) is 0 Å². The summed E-state index contributed by atoms with van der Waals surface area (Å²) in [5.41, 5.74) is -0.814. The Morgan fingerprint density at radius 1 is 1.13 bits per heavy atom. The molecule has 0 saturated carbocycles. The molecule has 0 aliphatic rings. The summed E-state index contributed by atoms with van der Waals surface area (Å²) in [6.07, 6.45) is -4.60. The van der Waals surface area contributed by atoms with Crippen molar-refractivity contribution in [2.24, 2.45) is 0 Å². The van der Waals surface area contributed by atoms with Gasteiger partial charge in [-0.25, -0.2) is 4.39 Å². The fourth-order valence-corrected chi connectivity index (χ4v) is 2.87. The smallest absolute Gasteiger partial charge is 0.416 e. The third kappa shape index (κ3) is 7.81. The lowest BCUT2D eigenvalue weighted by molar-refractivity contribution is -0.140. The zero-order chi connectivity index (χ0) is 18.5. The SMILES string of the molecule is CC(C)(C)[Si](C)(C)OCCBr.Cc1ccc(F)c(C(F)(F)F)c1. The van der Waals surface area contributed by atoms with Crippen LogP contribution >= 0.6 is 15.9 Å². The van der Waals surface area contributed by atoms with Crippen molar-refractivity contribution in [1.82, 2.24) is 0 Å². The van der Waals surface area contributed by atoms with Crippen molar-refractivity contribution in [2.75, 3.05) is 11.9 Å². The van der Waals surface area contributed by atoms with Crippen molar-refractivity contribution in [1.29, 1.82) is 0 Å². The van der Waals surface area contributed by atoms with Crippen LogP contribution in [-0.2, 0) is 10.6 Å². The molecule has 1 rings (SSSR count). The van der Waals surface area contributed by atoms with Gasteiger partial charge in [-0.2, -0.15) is 13.2 Å². The minimum absolute atomic E-state index is 0.342. The Morgan fingerprint density at radius 2 is 1.65 bits per heavy atom. The molecular formula is C16H25BrF4OSi. The van der Waals surface area contributed by atoms with Crippen LogP contribution < -0.4 is 0 Å². The van der Waals surface area contributed by atoms with Crippen LogP contribution in [0.3, 0.4) is 0 Å². The van der Waals surface area contributed by atoms with E-state index in [1.54, 1.807) is 0 Å². The van der Waals surface area contributed by atoms with Gasteiger partial charge in [0.25, 0.3) is 0 Å². The van der Waals surface area contributed by atoms with E-state index in [2.05, 4.69) is 49.8 Å². The van der Waals surface area contributed by atoms with Crippen LogP contribution in [0.5, 0.6) is 0 Å². The topological polar surface area (TPSA) is 9.23 Å². The second kappa shape index (κ2) is 8.62. The Bertz CT molecular complexity index is 496. The molecule has 1 aromatic rings. The summed E-state index contributed by atoms with van der Waals surface area (Å²) in [7, 11) is -1.46. The second-order valence-corrected chi connectivity index (χ2v) is 12.4. The van der Waals surface area contributed by atoms with Crippen molar-refractivity contribution in [3.63, 3.8) is 0 Å². The Morgan fingerprint density at radius 3 is 2.00 bits per heavy atom. The number of hydrogen-bond acceptors (Lipinski definition) is 1. The highest BCUT2D eigenvalue weighted by Crippen LogP contribution is 2.36. The summed E-state index contributed by atoms with van der Waals surface area (Å²) in [4.78, 5) is 0. The van der Waals surface area contributed by atoms with E-state index in [9.17, 15) is 17.6 Å². The van der Waals surface area contributed by atoms with E-state index in [4.69, 9.17) is 4.43 Å². The van der Waals surface area contributed by atoms with Gasteiger partial charge in [-0.15, -0.1) is 0 Å². The van der Waals surface area contributed by atoms with Gasteiger partial charge < -0.3 is 4.43 Å². The molecule has 1 nitrogen and oxygen atoms in total. The molecule has 1 aromatic carbocycles. The summed E-state index contributed by atoms with van der Waals surface area (Å²) in [5.74, 6) is -1.23. The van der Waals surface area contributed by atoms with Gasteiger partial charge in [0.1, 0.15) is 5.82 Å². The van der Waals surface area contributed by atoms with Gasteiger partial charge in [-0.1, -0.05) is 48.3 Å². The summed E-state index contributed by atoms with van der Waals surface area (Å²) >= 11 is 3.37. The van der Waals surface area contributed by atoms with Crippen molar-refractivity contribution >= 4 is 24.2 Å². The Balaban J connectivity index is 0.000000423. The van der Waals surface area contributed by atoms with Crippen molar-refractivity contribution in [3.05, 3.63) is 35.1 Å². The first-order valence-corrected chi connectivity index (χ1v) is 11.3. The van der Waals surface area contributed by atoms with Crippen molar-refractivity contribution in [2.45, 2.75) is 52.0 Å². The van der Waals surface area contributed by atoms with Crippen LogP contribution in [0.1, 0.15) is 31.9 Å². The molecule has 0 N–H and O–H groups in total. The standard InChI is InChI=1S/C8H19BrOSi.C8H6F4/c1-8(2,3)11(4,5)10-7-6-9;1-5-2-3-7(9)6(4-5)8(10,11)12/h6-7H2,1-5H3;2-4H,1H3. The minimum atomic E-state index is -4.60. The number of halogens is 5. The third-order valence-electron chi connectivity index (χ3n) is 3.77. The van der Waals surface area contributed by atoms with Crippen molar-refractivity contribution in [3.8, 4) is 0 Å². The zero-order valence-corrected chi connectivity index (χ0v) is 17.0. The molecule has 23 heavy (non-hydrogen) atoms. The summed E-state index contributed by atoms with van der Waals surface area (Å²) in [5, 5.41) is 1.29. The van der Waals surface area contributed by atoms with Crippen LogP contribution in [-0.4, -0.2) is 20.3 Å². The molecule has 0 aliphatic carbocycles. The van der Waals surface area contributed by atoms with Crippen LogP contribution in [0, 0.1) is 12.7 Å². The summed E-state index contributed by atoms with van der Waals surface area (Å²) < 4.78 is 54.3. The van der Waals surface area contributed by atoms with E-state index in [0.29, 0.717) is 10.6 Å². The van der Waals surface area contributed by atoms with Gasteiger partial charge in [0, 0.05) is 11.9 Å². The predicted octanol–water partition coefficient (Wildman–Crippen LogP) is 6.56. The molecule has 0 aromatic heterocycles. The highest BCUT2D eigenvalue weighted by atomic mass is 79.9. The molecule has 0 saturated heterocycles. The number of alkyl halides is 4. The first-order chi connectivity index (χ1) is 10.2. The number of hydrogen-bond donors (Lipinski definition) is 0. The fourth-order valence-electron chi connectivity index (χ4n) is 1.37. The van der Waals surface area contributed by atoms with Gasteiger partial charge in [-0.3, -0.25) is 0 Å². The molecule has 0 atom stereocenters. The maximum atomic E-state index is 12.5. The minimum Gasteiger partial charge on any atom is -0.416 e. The lowest BCUT2D eigenvalue weighted by Gasteiger charge is -2.35. The van der Waals surface area contributed by atoms with Crippen LogP contribution in [0.15, 0.2) is 18.2 Å². The zero-order valence-electron chi connectivity index (χ0n) is 14.4. The van der Waals surface area contributed by atoms with E-state index in [1.807, 2.05) is 0 Å². The van der Waals surface area contributed by atoms with Gasteiger partial charge in [0.2, 0.25) is 0 Å². The normalized spacial score (nSPS) is 12.7. The molecular weight excluding hydrogens is 392 g/mol. The average Bonchev–Trinajstić information content (AvgIpc) is 2.37. The Kier molecular flexibility index (Phi) is 8.47. The monoisotopic (exact) mass is 416 g/mol. The highest BCUT2D eigenvalue weighted by molar-refractivity contribution is 9.09. The Labute approximate surface area is 145 Å². The average molecular weight is 417 g/mol. The van der Waals surface area contributed by atoms with Crippen LogP contribution in [0.4, 0.5) is 17.6 Å². The van der Waals surface area contributed by atoms with E-state index in [1.165, 1.54) is 13.0 Å². The van der Waals surface area contributed by atoms with Crippen LogP contribution in [0.2, 0.25) is 18.1 Å². The largest absolute Gasteiger partial charge is 0.419 e. The van der Waals surface area contributed by atoms with Crippen molar-refractivity contribution < 1.29 is 22.0 Å². The van der Waals surface area contributed by atoms with Gasteiger partial charge in [-0.05, 0) is 37.2 Å². The number of rotatable bonds is 3. The second-order valence-electron chi connectivity index (χ2n) is 6.78. The number of aryl methyl sites for hydroxylation is 1. The van der Waals surface area contributed by atoms with E-state index in [0.717, 1.165) is 24.1 Å². The van der Waals surface area contributed by atoms with Gasteiger partial charge in [0.05, 0.1) is 5.56 Å². The number of benzene rings is 1. The molecule has 134 valence electrons. The maximum Gasteiger partial charge on any atom is 0.419 e. The first-order valence-electron chi connectivity index (χ1n) is 7.25. The molecule has 0 heterocycles. The molecule has 0 amide bonds. The molecule has 0 radical (unpaired) electrons. The molecule has 7 heteroatoms. The van der Waals surface area contributed by atoms with Crippen LogP contribution in [0.25, 0.3) is 0 Å². The summed E-state index contributed by atoms with van der Waals surface area (Å²) in [6, 6.07) is 2.90. The molecule has 0 unspecified atom stereocenters. The molecule has 0 aliphatic heterocycles. The molecule has 0 bridgehead atoms.